The fourth-order valence-electron chi connectivity index (χ4n) is 1.46. The Hall–Kier alpha value is 0.0400. The summed E-state index contributed by atoms with van der Waals surface area (Å²) in [7, 11) is 0. The van der Waals surface area contributed by atoms with Crippen molar-refractivity contribution in [3.63, 3.8) is 0 Å². The minimum Gasteiger partial charge on any atom is -0.297 e. The second-order valence-electron chi connectivity index (χ2n) is 3.26. The van der Waals surface area contributed by atoms with Crippen molar-refractivity contribution in [3.05, 3.63) is 41.4 Å². The molecule has 1 aromatic heterocycles. The molecule has 0 unspecified atom stereocenters. The van der Waals surface area contributed by atoms with Crippen LogP contribution in [0.5, 0.6) is 0 Å². The first kappa shape index (κ1) is 14.4. The number of hydrogen-bond donors (Lipinski definition) is 0. The van der Waals surface area contributed by atoms with Crippen LogP contribution in [-0.2, 0) is 0 Å². The Labute approximate surface area is 132 Å². The molecule has 2 rings (SSSR count). The number of hydrogen-bond acceptors (Lipinski definition) is 2. The highest BCUT2D eigenvalue weighted by Crippen LogP contribution is 2.49. The Morgan fingerprint density at radius 2 is 1.39 bits per heavy atom. The van der Waals surface area contributed by atoms with E-state index in [0.29, 0.717) is 16.0 Å². The molecule has 0 spiro atoms. The second-order valence-corrected chi connectivity index (χ2v) is 6.10. The molecule has 0 aliphatic rings. The zero-order valence-electron chi connectivity index (χ0n) is 8.44. The topological polar surface area (TPSA) is 17.1 Å². The summed E-state index contributed by atoms with van der Waals surface area (Å²) >= 11 is 31.4. The average molecular weight is 360 g/mol. The van der Waals surface area contributed by atoms with Crippen LogP contribution in [-0.4, -0.2) is 6.29 Å². The van der Waals surface area contributed by atoms with E-state index in [1.54, 1.807) is 11.4 Å². The molecule has 0 fully saturated rings. The van der Waals surface area contributed by atoms with E-state index in [9.17, 15) is 4.79 Å². The Balaban J connectivity index is 2.84. The summed E-state index contributed by atoms with van der Waals surface area (Å²) in [5.74, 6) is 0. The molecule has 0 bridgehead atoms. The molecule has 2 aromatic rings. The fraction of sp³-hybridized carbons (Fsp3) is 0. The smallest absolute Gasteiger partial charge is 0.160 e. The maximum atomic E-state index is 11.0. The van der Waals surface area contributed by atoms with Gasteiger partial charge >= 0.3 is 0 Å². The second kappa shape index (κ2) is 5.58. The summed E-state index contributed by atoms with van der Waals surface area (Å²) < 4.78 is 0. The van der Waals surface area contributed by atoms with E-state index in [1.807, 2.05) is 0 Å². The number of rotatable bonds is 2. The Morgan fingerprint density at radius 1 is 0.889 bits per heavy atom. The van der Waals surface area contributed by atoms with Crippen molar-refractivity contribution < 1.29 is 4.79 Å². The lowest BCUT2D eigenvalue weighted by molar-refractivity contribution is 0.112. The number of halogens is 5. The first-order chi connectivity index (χ1) is 8.49. The maximum Gasteiger partial charge on any atom is 0.160 e. The molecule has 18 heavy (non-hydrogen) atoms. The molecule has 94 valence electrons. The van der Waals surface area contributed by atoms with E-state index in [1.165, 1.54) is 11.3 Å². The van der Waals surface area contributed by atoms with Crippen molar-refractivity contribution in [1.82, 2.24) is 0 Å². The predicted molar refractivity (Wildman–Crippen MR) is 80.2 cm³/mol. The van der Waals surface area contributed by atoms with Crippen molar-refractivity contribution in [2.24, 2.45) is 0 Å². The van der Waals surface area contributed by atoms with E-state index in [-0.39, 0.29) is 25.1 Å². The molecule has 0 aliphatic heterocycles. The highest BCUT2D eigenvalue weighted by molar-refractivity contribution is 7.12. The van der Waals surface area contributed by atoms with Crippen LogP contribution in [0.25, 0.3) is 11.1 Å². The third kappa shape index (κ3) is 2.26. The summed E-state index contributed by atoms with van der Waals surface area (Å²) in [5.41, 5.74) is 1.01. The van der Waals surface area contributed by atoms with Gasteiger partial charge in [0.2, 0.25) is 0 Å². The molecule has 1 aromatic carbocycles. The van der Waals surface area contributed by atoms with Gasteiger partial charge in [0.15, 0.2) is 6.29 Å². The minimum absolute atomic E-state index is 0.0972. The average Bonchev–Trinajstić information content (AvgIpc) is 2.82. The number of thiophene rings is 1. The molecule has 0 N–H and O–H groups in total. The van der Waals surface area contributed by atoms with Crippen molar-refractivity contribution >= 4 is 75.6 Å². The van der Waals surface area contributed by atoms with Crippen LogP contribution in [0.1, 0.15) is 9.67 Å². The van der Waals surface area contributed by atoms with Crippen molar-refractivity contribution in [3.8, 4) is 11.1 Å². The highest BCUT2D eigenvalue weighted by atomic mass is 35.5. The molecule has 7 heteroatoms. The fourth-order valence-corrected chi connectivity index (χ4v) is 3.51. The number of benzene rings is 1. The molecular formula is C11H3Cl5OS. The van der Waals surface area contributed by atoms with Gasteiger partial charge in [0.25, 0.3) is 0 Å². The normalized spacial score (nSPS) is 10.7. The summed E-state index contributed by atoms with van der Waals surface area (Å²) in [6.07, 6.45) is 0.725. The van der Waals surface area contributed by atoms with E-state index in [2.05, 4.69) is 0 Å². The standard InChI is InChI=1S/C11H3Cl5OS/c12-7-6(4-1-2-18-5(4)3-17)8(13)10(15)11(16)9(7)14/h1-3H. The van der Waals surface area contributed by atoms with Crippen molar-refractivity contribution in [1.29, 1.82) is 0 Å². The lowest BCUT2D eigenvalue weighted by Crippen LogP contribution is -1.88. The van der Waals surface area contributed by atoms with Gasteiger partial charge in [-0.2, -0.15) is 0 Å². The van der Waals surface area contributed by atoms with Gasteiger partial charge < -0.3 is 0 Å². The third-order valence-corrected chi connectivity index (χ3v) is 5.40. The summed E-state index contributed by atoms with van der Waals surface area (Å²) in [5, 5.41) is 2.44. The first-order valence-corrected chi connectivity index (χ1v) is 7.30. The minimum atomic E-state index is 0.0972. The van der Waals surface area contributed by atoms with Crippen LogP contribution < -0.4 is 0 Å². The molecule has 0 atom stereocenters. The Bertz CT molecular complexity index is 606. The SMILES string of the molecule is O=Cc1sccc1-c1c(Cl)c(Cl)c(Cl)c(Cl)c1Cl. The molecule has 0 amide bonds. The van der Waals surface area contributed by atoms with Crippen LogP contribution in [0.2, 0.25) is 25.1 Å². The van der Waals surface area contributed by atoms with Gasteiger partial charge in [0.05, 0.1) is 30.0 Å². The summed E-state index contributed by atoms with van der Waals surface area (Å²) in [6, 6.07) is 1.72. The van der Waals surface area contributed by atoms with Gasteiger partial charge in [-0.3, -0.25) is 4.79 Å². The summed E-state index contributed by atoms with van der Waals surface area (Å²) in [4.78, 5) is 11.4. The maximum absolute atomic E-state index is 11.0. The molecule has 1 heterocycles. The van der Waals surface area contributed by atoms with Crippen molar-refractivity contribution in [2.45, 2.75) is 0 Å². The van der Waals surface area contributed by atoms with Crippen LogP contribution in [0.4, 0.5) is 0 Å². The lowest BCUT2D eigenvalue weighted by atomic mass is 10.1. The van der Waals surface area contributed by atoms with Crippen LogP contribution in [0, 0.1) is 0 Å². The Morgan fingerprint density at radius 3 is 1.89 bits per heavy atom. The Kier molecular flexibility index (Phi) is 4.48. The van der Waals surface area contributed by atoms with Gasteiger partial charge in [0, 0.05) is 11.1 Å². The zero-order chi connectivity index (χ0) is 13.4. The lowest BCUT2D eigenvalue weighted by Gasteiger charge is -2.11. The molecule has 0 saturated carbocycles. The number of carbonyl (C=O) groups excluding carboxylic acids is 1. The quantitative estimate of drug-likeness (QED) is 0.340. The van der Waals surface area contributed by atoms with Crippen LogP contribution >= 0.6 is 69.3 Å². The molecular weight excluding hydrogens is 357 g/mol. The predicted octanol–water partition coefficient (Wildman–Crippen LogP) is 6.49. The van der Waals surface area contributed by atoms with E-state index < -0.39 is 0 Å². The number of carbonyl (C=O) groups is 1. The molecule has 1 nitrogen and oxygen atoms in total. The monoisotopic (exact) mass is 358 g/mol. The van der Waals surface area contributed by atoms with Gasteiger partial charge in [-0.1, -0.05) is 58.0 Å². The van der Waals surface area contributed by atoms with E-state index in [0.717, 1.165) is 6.29 Å². The van der Waals surface area contributed by atoms with Crippen LogP contribution in [0.15, 0.2) is 11.4 Å². The highest BCUT2D eigenvalue weighted by Gasteiger charge is 2.22. The largest absolute Gasteiger partial charge is 0.297 e. The summed E-state index contributed by atoms with van der Waals surface area (Å²) in [6.45, 7) is 0. The van der Waals surface area contributed by atoms with Gasteiger partial charge in [-0.05, 0) is 11.4 Å². The van der Waals surface area contributed by atoms with Gasteiger partial charge in [0.1, 0.15) is 0 Å². The first-order valence-electron chi connectivity index (χ1n) is 4.53. The third-order valence-electron chi connectivity index (χ3n) is 2.28. The molecule has 0 saturated heterocycles. The van der Waals surface area contributed by atoms with E-state index >= 15 is 0 Å². The zero-order valence-corrected chi connectivity index (χ0v) is 13.0. The van der Waals surface area contributed by atoms with Gasteiger partial charge in [-0.15, -0.1) is 11.3 Å². The van der Waals surface area contributed by atoms with Crippen molar-refractivity contribution in [2.75, 3.05) is 0 Å². The molecule has 0 radical (unpaired) electrons. The number of aldehydes is 1. The molecule has 0 aliphatic carbocycles. The van der Waals surface area contributed by atoms with Gasteiger partial charge in [-0.25, -0.2) is 0 Å². The van der Waals surface area contributed by atoms with E-state index in [4.69, 9.17) is 58.0 Å². The van der Waals surface area contributed by atoms with Crippen LogP contribution in [0.3, 0.4) is 0 Å².